The van der Waals surface area contributed by atoms with Crippen molar-refractivity contribution in [2.45, 2.75) is 26.3 Å². The molecule has 4 heteroatoms. The largest absolute Gasteiger partial charge is 0.321 e. The Morgan fingerprint density at radius 2 is 2.12 bits per heavy atom. The van der Waals surface area contributed by atoms with E-state index in [1.54, 1.807) is 6.07 Å². The van der Waals surface area contributed by atoms with Crippen molar-refractivity contribution in [1.82, 2.24) is 0 Å². The first kappa shape index (κ1) is 13.3. The fourth-order valence-electron chi connectivity index (χ4n) is 1.50. The van der Waals surface area contributed by atoms with E-state index in [-0.39, 0.29) is 11.3 Å². The Morgan fingerprint density at radius 3 is 2.69 bits per heavy atom. The summed E-state index contributed by atoms with van der Waals surface area (Å²) in [4.78, 5) is 11.9. The number of hydrogen-bond acceptors (Lipinski definition) is 2. The van der Waals surface area contributed by atoms with E-state index in [9.17, 15) is 9.18 Å². The lowest BCUT2D eigenvalue weighted by Crippen LogP contribution is -2.32. The lowest BCUT2D eigenvalue weighted by molar-refractivity contribution is 0.0947. The summed E-state index contributed by atoms with van der Waals surface area (Å²) in [7, 11) is 0. The van der Waals surface area contributed by atoms with E-state index in [1.807, 2.05) is 13.8 Å². The fraction of sp³-hybridized carbons (Fsp3) is 0.417. The number of carbonyl (C=O) groups excluding carboxylic acids is 1. The van der Waals surface area contributed by atoms with Crippen molar-refractivity contribution >= 4 is 21.7 Å². The highest BCUT2D eigenvalue weighted by molar-refractivity contribution is 9.10. The number of rotatable bonds is 4. The second-order valence-electron chi connectivity index (χ2n) is 4.22. The molecule has 0 radical (unpaired) electrons. The Labute approximate surface area is 103 Å². The van der Waals surface area contributed by atoms with Gasteiger partial charge < -0.3 is 5.73 Å². The molecule has 0 bridgehead atoms. The number of ketones is 1. The first-order chi connectivity index (χ1) is 7.41. The molecule has 1 aromatic carbocycles. The van der Waals surface area contributed by atoms with Crippen molar-refractivity contribution in [2.24, 2.45) is 11.7 Å². The molecule has 0 spiro atoms. The standard InChI is InChI=1S/C12H15BrFNO/c1-7(2)5-11(15)12(16)9-6-8(13)3-4-10(9)14/h3-4,6-7,11H,5,15H2,1-2H3. The van der Waals surface area contributed by atoms with Gasteiger partial charge in [-0.25, -0.2) is 4.39 Å². The Morgan fingerprint density at radius 1 is 1.50 bits per heavy atom. The predicted molar refractivity (Wildman–Crippen MR) is 65.9 cm³/mol. The molecule has 0 heterocycles. The van der Waals surface area contributed by atoms with Crippen molar-refractivity contribution in [3.63, 3.8) is 0 Å². The Balaban J connectivity index is 2.91. The fourth-order valence-corrected chi connectivity index (χ4v) is 1.86. The molecule has 1 aromatic rings. The van der Waals surface area contributed by atoms with Gasteiger partial charge in [-0.1, -0.05) is 29.8 Å². The van der Waals surface area contributed by atoms with Crippen LogP contribution in [0.3, 0.4) is 0 Å². The van der Waals surface area contributed by atoms with Gasteiger partial charge in [0.2, 0.25) is 0 Å². The van der Waals surface area contributed by atoms with E-state index in [2.05, 4.69) is 15.9 Å². The Bertz CT molecular complexity index is 393. The summed E-state index contributed by atoms with van der Waals surface area (Å²) in [5.74, 6) is -0.547. The average molecular weight is 288 g/mol. The van der Waals surface area contributed by atoms with Crippen LogP contribution < -0.4 is 5.73 Å². The van der Waals surface area contributed by atoms with Crippen LogP contribution in [0.2, 0.25) is 0 Å². The summed E-state index contributed by atoms with van der Waals surface area (Å²) < 4.78 is 14.1. The zero-order valence-electron chi connectivity index (χ0n) is 9.34. The molecular weight excluding hydrogens is 273 g/mol. The minimum absolute atomic E-state index is 0.0579. The second kappa shape index (κ2) is 5.55. The van der Waals surface area contributed by atoms with E-state index in [1.165, 1.54) is 12.1 Å². The number of nitrogens with two attached hydrogens (primary N) is 1. The van der Waals surface area contributed by atoms with E-state index < -0.39 is 11.9 Å². The lowest BCUT2D eigenvalue weighted by atomic mass is 9.96. The van der Waals surface area contributed by atoms with E-state index >= 15 is 0 Å². The molecule has 0 aliphatic heterocycles. The van der Waals surface area contributed by atoms with Gasteiger partial charge in [0.1, 0.15) is 5.82 Å². The molecule has 0 aliphatic rings. The van der Waals surface area contributed by atoms with Crippen molar-refractivity contribution in [1.29, 1.82) is 0 Å². The molecule has 2 N–H and O–H groups in total. The van der Waals surface area contributed by atoms with Crippen LogP contribution >= 0.6 is 15.9 Å². The third-order valence-electron chi connectivity index (χ3n) is 2.26. The summed E-state index contributed by atoms with van der Waals surface area (Å²) in [6, 6.07) is 3.65. The van der Waals surface area contributed by atoms with Crippen LogP contribution in [-0.2, 0) is 0 Å². The van der Waals surface area contributed by atoms with Crippen LogP contribution in [0.5, 0.6) is 0 Å². The Hall–Kier alpha value is -0.740. The molecule has 16 heavy (non-hydrogen) atoms. The number of Topliss-reactive ketones (excluding diaryl/α,β-unsaturated/α-hetero) is 1. The van der Waals surface area contributed by atoms with Gasteiger partial charge in [-0.3, -0.25) is 4.79 Å². The molecule has 1 atom stereocenters. The first-order valence-electron chi connectivity index (χ1n) is 5.16. The summed E-state index contributed by atoms with van der Waals surface area (Å²) in [5.41, 5.74) is 5.80. The monoisotopic (exact) mass is 287 g/mol. The minimum atomic E-state index is -0.635. The van der Waals surface area contributed by atoms with Crippen LogP contribution in [0.15, 0.2) is 22.7 Å². The van der Waals surface area contributed by atoms with Gasteiger partial charge in [0.25, 0.3) is 0 Å². The molecule has 88 valence electrons. The molecule has 1 unspecified atom stereocenters. The predicted octanol–water partition coefficient (Wildman–Crippen LogP) is 3.14. The topological polar surface area (TPSA) is 43.1 Å². The van der Waals surface area contributed by atoms with E-state index in [0.717, 1.165) is 0 Å². The lowest BCUT2D eigenvalue weighted by Gasteiger charge is -2.13. The van der Waals surface area contributed by atoms with Gasteiger partial charge in [-0.2, -0.15) is 0 Å². The molecule has 0 aromatic heterocycles. The molecule has 0 amide bonds. The van der Waals surface area contributed by atoms with Crippen LogP contribution in [0.25, 0.3) is 0 Å². The van der Waals surface area contributed by atoms with Gasteiger partial charge >= 0.3 is 0 Å². The maximum atomic E-state index is 13.4. The zero-order chi connectivity index (χ0) is 12.3. The summed E-state index contributed by atoms with van der Waals surface area (Å²) in [6.07, 6.45) is 0.560. The van der Waals surface area contributed by atoms with Crippen molar-refractivity contribution in [3.8, 4) is 0 Å². The minimum Gasteiger partial charge on any atom is -0.321 e. The van der Waals surface area contributed by atoms with Crippen molar-refractivity contribution in [3.05, 3.63) is 34.1 Å². The molecule has 0 aliphatic carbocycles. The van der Waals surface area contributed by atoms with Gasteiger partial charge in [0, 0.05) is 4.47 Å². The smallest absolute Gasteiger partial charge is 0.182 e. The number of benzene rings is 1. The van der Waals surface area contributed by atoms with E-state index in [0.29, 0.717) is 16.8 Å². The Kier molecular flexibility index (Phi) is 4.62. The summed E-state index contributed by atoms with van der Waals surface area (Å²) >= 11 is 3.20. The van der Waals surface area contributed by atoms with Crippen molar-refractivity contribution < 1.29 is 9.18 Å². The maximum Gasteiger partial charge on any atom is 0.182 e. The van der Waals surface area contributed by atoms with Crippen molar-refractivity contribution in [2.75, 3.05) is 0 Å². The quantitative estimate of drug-likeness (QED) is 0.865. The normalized spacial score (nSPS) is 12.9. The zero-order valence-corrected chi connectivity index (χ0v) is 10.9. The molecule has 2 nitrogen and oxygen atoms in total. The second-order valence-corrected chi connectivity index (χ2v) is 5.14. The van der Waals surface area contributed by atoms with E-state index in [4.69, 9.17) is 5.73 Å². The number of halogens is 2. The van der Waals surface area contributed by atoms with Gasteiger partial charge in [-0.05, 0) is 30.5 Å². The first-order valence-corrected chi connectivity index (χ1v) is 5.96. The van der Waals surface area contributed by atoms with Crippen LogP contribution in [0.1, 0.15) is 30.6 Å². The van der Waals surface area contributed by atoms with Gasteiger partial charge in [0.05, 0.1) is 11.6 Å². The molecule has 0 saturated heterocycles. The molecule has 0 fully saturated rings. The number of hydrogen-bond donors (Lipinski definition) is 1. The molecular formula is C12H15BrFNO. The third-order valence-corrected chi connectivity index (χ3v) is 2.75. The molecule has 1 rings (SSSR count). The van der Waals surface area contributed by atoms with Gasteiger partial charge in [-0.15, -0.1) is 0 Å². The summed E-state index contributed by atoms with van der Waals surface area (Å²) in [6.45, 7) is 3.95. The summed E-state index contributed by atoms with van der Waals surface area (Å²) in [5, 5.41) is 0. The highest BCUT2D eigenvalue weighted by Gasteiger charge is 2.20. The van der Waals surface area contributed by atoms with Crippen LogP contribution in [0.4, 0.5) is 4.39 Å². The average Bonchev–Trinajstić information content (AvgIpc) is 2.19. The van der Waals surface area contributed by atoms with Crippen LogP contribution in [-0.4, -0.2) is 11.8 Å². The highest BCUT2D eigenvalue weighted by Crippen LogP contribution is 2.18. The number of carbonyl (C=O) groups is 1. The van der Waals surface area contributed by atoms with Crippen LogP contribution in [0, 0.1) is 11.7 Å². The third kappa shape index (κ3) is 3.39. The maximum absolute atomic E-state index is 13.4. The highest BCUT2D eigenvalue weighted by atomic mass is 79.9. The molecule has 0 saturated carbocycles. The van der Waals surface area contributed by atoms with Gasteiger partial charge in [0.15, 0.2) is 5.78 Å². The SMILES string of the molecule is CC(C)CC(N)C(=O)c1cc(Br)ccc1F.